The quantitative estimate of drug-likeness (QED) is 0.795. The van der Waals surface area contributed by atoms with E-state index >= 15 is 0 Å². The maximum absolute atomic E-state index is 12.0. The molecule has 0 saturated carbocycles. The van der Waals surface area contributed by atoms with Crippen molar-refractivity contribution in [3.8, 4) is 0 Å². The van der Waals surface area contributed by atoms with Gasteiger partial charge in [0.2, 0.25) is 0 Å². The van der Waals surface area contributed by atoms with Crippen LogP contribution in [-0.4, -0.2) is 32.4 Å². The summed E-state index contributed by atoms with van der Waals surface area (Å²) < 4.78 is 28.2. The van der Waals surface area contributed by atoms with Crippen molar-refractivity contribution in [2.24, 2.45) is 0 Å². The molecule has 1 aliphatic heterocycles. The average Bonchev–Trinajstić information content (AvgIpc) is 2.42. The van der Waals surface area contributed by atoms with Crippen LogP contribution < -0.4 is 10.5 Å². The molecular formula is C13H21N3O2S. The molecule has 1 saturated heterocycles. The van der Waals surface area contributed by atoms with Crippen molar-refractivity contribution in [2.75, 3.05) is 25.4 Å². The fourth-order valence-electron chi connectivity index (χ4n) is 2.21. The van der Waals surface area contributed by atoms with Crippen LogP contribution in [0.15, 0.2) is 24.3 Å². The number of nitrogen functional groups attached to an aromatic ring is 1. The molecule has 0 atom stereocenters. The van der Waals surface area contributed by atoms with E-state index in [1.807, 2.05) is 24.3 Å². The Morgan fingerprint density at radius 2 is 1.74 bits per heavy atom. The summed E-state index contributed by atoms with van der Waals surface area (Å²) in [6.45, 7) is 1.69. The first-order chi connectivity index (χ1) is 9.08. The molecule has 6 heteroatoms. The van der Waals surface area contributed by atoms with Crippen molar-refractivity contribution in [1.29, 1.82) is 0 Å². The SMILES string of the molecule is Nc1ccc(CCNS(=O)(=O)N2CCCCC2)cc1. The smallest absolute Gasteiger partial charge is 0.279 e. The summed E-state index contributed by atoms with van der Waals surface area (Å²) in [4.78, 5) is 0. The molecule has 19 heavy (non-hydrogen) atoms. The molecule has 2 rings (SSSR count). The Labute approximate surface area is 115 Å². The molecule has 1 aromatic carbocycles. The molecule has 1 fully saturated rings. The van der Waals surface area contributed by atoms with Crippen molar-refractivity contribution in [2.45, 2.75) is 25.7 Å². The van der Waals surface area contributed by atoms with Crippen molar-refractivity contribution in [1.82, 2.24) is 9.03 Å². The first-order valence-electron chi connectivity index (χ1n) is 6.67. The third-order valence-electron chi connectivity index (χ3n) is 3.33. The molecule has 0 amide bonds. The number of benzene rings is 1. The number of anilines is 1. The Morgan fingerprint density at radius 3 is 2.37 bits per heavy atom. The Morgan fingerprint density at radius 1 is 1.11 bits per heavy atom. The average molecular weight is 283 g/mol. The van der Waals surface area contributed by atoms with Crippen LogP contribution in [0, 0.1) is 0 Å². The lowest BCUT2D eigenvalue weighted by atomic mass is 10.1. The lowest BCUT2D eigenvalue weighted by Crippen LogP contribution is -2.43. The summed E-state index contributed by atoms with van der Waals surface area (Å²) in [5, 5.41) is 0. The number of nitrogens with two attached hydrogens (primary N) is 1. The molecule has 0 radical (unpaired) electrons. The van der Waals surface area contributed by atoms with Crippen LogP contribution in [0.2, 0.25) is 0 Å². The van der Waals surface area contributed by atoms with Gasteiger partial charge in [-0.05, 0) is 37.0 Å². The molecule has 1 heterocycles. The van der Waals surface area contributed by atoms with Gasteiger partial charge < -0.3 is 5.73 Å². The molecule has 0 bridgehead atoms. The summed E-state index contributed by atoms with van der Waals surface area (Å²) in [7, 11) is -3.30. The summed E-state index contributed by atoms with van der Waals surface area (Å²) in [6.07, 6.45) is 3.71. The molecule has 0 aliphatic carbocycles. The number of piperidine rings is 1. The topological polar surface area (TPSA) is 75.4 Å². The first-order valence-corrected chi connectivity index (χ1v) is 8.11. The molecule has 0 unspecified atom stereocenters. The van der Waals surface area contributed by atoms with E-state index in [4.69, 9.17) is 5.73 Å². The van der Waals surface area contributed by atoms with Crippen molar-refractivity contribution in [3.63, 3.8) is 0 Å². The van der Waals surface area contributed by atoms with Gasteiger partial charge in [0.25, 0.3) is 10.2 Å². The predicted octanol–water partition coefficient (Wildman–Crippen LogP) is 1.13. The van der Waals surface area contributed by atoms with E-state index in [0.29, 0.717) is 26.1 Å². The number of hydrogen-bond donors (Lipinski definition) is 2. The van der Waals surface area contributed by atoms with E-state index in [1.54, 1.807) is 4.31 Å². The van der Waals surface area contributed by atoms with Gasteiger partial charge in [-0.3, -0.25) is 0 Å². The highest BCUT2D eigenvalue weighted by atomic mass is 32.2. The van der Waals surface area contributed by atoms with Crippen LogP contribution in [-0.2, 0) is 16.6 Å². The minimum absolute atomic E-state index is 0.419. The van der Waals surface area contributed by atoms with Crippen LogP contribution in [0.25, 0.3) is 0 Å². The number of nitrogens with zero attached hydrogens (tertiary/aromatic N) is 1. The fraction of sp³-hybridized carbons (Fsp3) is 0.538. The van der Waals surface area contributed by atoms with Crippen LogP contribution in [0.4, 0.5) is 5.69 Å². The minimum atomic E-state index is -3.30. The summed E-state index contributed by atoms with van der Waals surface area (Å²) in [5.41, 5.74) is 7.40. The third kappa shape index (κ3) is 4.19. The lowest BCUT2D eigenvalue weighted by molar-refractivity contribution is 0.342. The fourth-order valence-corrected chi connectivity index (χ4v) is 3.49. The number of rotatable bonds is 5. The Kier molecular flexibility index (Phi) is 4.79. The molecule has 1 aliphatic rings. The highest BCUT2D eigenvalue weighted by molar-refractivity contribution is 7.87. The number of hydrogen-bond acceptors (Lipinski definition) is 3. The number of nitrogens with one attached hydrogen (secondary N) is 1. The zero-order chi connectivity index (χ0) is 13.7. The maximum Gasteiger partial charge on any atom is 0.279 e. The Bertz CT molecular complexity index is 493. The second-order valence-corrected chi connectivity index (χ2v) is 6.61. The van der Waals surface area contributed by atoms with Crippen molar-refractivity contribution < 1.29 is 8.42 Å². The molecule has 3 N–H and O–H groups in total. The highest BCUT2D eigenvalue weighted by Gasteiger charge is 2.22. The van der Waals surface area contributed by atoms with E-state index in [9.17, 15) is 8.42 Å². The summed E-state index contributed by atoms with van der Waals surface area (Å²) >= 11 is 0. The summed E-state index contributed by atoms with van der Waals surface area (Å²) in [5.74, 6) is 0. The van der Waals surface area contributed by atoms with Crippen molar-refractivity contribution >= 4 is 15.9 Å². The van der Waals surface area contributed by atoms with Gasteiger partial charge in [-0.25, -0.2) is 4.72 Å². The molecule has 1 aromatic rings. The van der Waals surface area contributed by atoms with E-state index < -0.39 is 10.2 Å². The Hall–Kier alpha value is -1.11. The van der Waals surface area contributed by atoms with Crippen LogP contribution >= 0.6 is 0 Å². The van der Waals surface area contributed by atoms with Gasteiger partial charge >= 0.3 is 0 Å². The van der Waals surface area contributed by atoms with E-state index in [2.05, 4.69) is 4.72 Å². The van der Waals surface area contributed by atoms with Crippen molar-refractivity contribution in [3.05, 3.63) is 29.8 Å². The van der Waals surface area contributed by atoms with E-state index in [-0.39, 0.29) is 0 Å². The standard InChI is InChI=1S/C13H21N3O2S/c14-13-6-4-12(5-7-13)8-9-15-19(17,18)16-10-2-1-3-11-16/h4-7,15H,1-3,8-11,14H2. The molecule has 106 valence electrons. The first kappa shape index (κ1) is 14.3. The van der Waals surface area contributed by atoms with E-state index in [1.165, 1.54) is 0 Å². The normalized spacial score (nSPS) is 17.5. The van der Waals surface area contributed by atoms with Gasteiger partial charge in [0.15, 0.2) is 0 Å². The van der Waals surface area contributed by atoms with Gasteiger partial charge in [-0.2, -0.15) is 12.7 Å². The molecule has 5 nitrogen and oxygen atoms in total. The monoisotopic (exact) mass is 283 g/mol. The van der Waals surface area contributed by atoms with Crippen LogP contribution in [0.5, 0.6) is 0 Å². The minimum Gasteiger partial charge on any atom is -0.399 e. The van der Waals surface area contributed by atoms with Gasteiger partial charge in [0, 0.05) is 25.3 Å². The molecule has 0 spiro atoms. The zero-order valence-corrected chi connectivity index (χ0v) is 11.8. The summed E-state index contributed by atoms with van der Waals surface area (Å²) in [6, 6.07) is 7.50. The molecular weight excluding hydrogens is 262 g/mol. The molecule has 0 aromatic heterocycles. The second kappa shape index (κ2) is 6.36. The zero-order valence-electron chi connectivity index (χ0n) is 11.0. The lowest BCUT2D eigenvalue weighted by Gasteiger charge is -2.25. The van der Waals surface area contributed by atoms with Crippen LogP contribution in [0.3, 0.4) is 0 Å². The van der Waals surface area contributed by atoms with E-state index in [0.717, 1.165) is 30.5 Å². The Balaban J connectivity index is 1.82. The third-order valence-corrected chi connectivity index (χ3v) is 4.95. The highest BCUT2D eigenvalue weighted by Crippen LogP contribution is 2.12. The largest absolute Gasteiger partial charge is 0.399 e. The van der Waals surface area contributed by atoms with Gasteiger partial charge in [-0.1, -0.05) is 18.6 Å². The van der Waals surface area contributed by atoms with Gasteiger partial charge in [-0.15, -0.1) is 0 Å². The maximum atomic E-state index is 12.0. The van der Waals surface area contributed by atoms with Gasteiger partial charge in [0.1, 0.15) is 0 Å². The second-order valence-electron chi connectivity index (χ2n) is 4.85. The predicted molar refractivity (Wildman–Crippen MR) is 76.9 cm³/mol. The van der Waals surface area contributed by atoms with Gasteiger partial charge in [0.05, 0.1) is 0 Å². The van der Waals surface area contributed by atoms with Crippen LogP contribution in [0.1, 0.15) is 24.8 Å².